The van der Waals surface area contributed by atoms with Gasteiger partial charge < -0.3 is 0 Å². The summed E-state index contributed by atoms with van der Waals surface area (Å²) in [7, 11) is 0. The maximum atomic E-state index is 2.16. The van der Waals surface area contributed by atoms with Crippen LogP contribution in [0.15, 0.2) is 22.3 Å². The molecule has 1 heteroatoms. The summed E-state index contributed by atoms with van der Waals surface area (Å²) < 4.78 is 1.47. The SMILES string of the molecule is [Ir][C]1=CC=CC1. The molecule has 6 heavy (non-hydrogen) atoms. The van der Waals surface area contributed by atoms with Crippen LogP contribution in [-0.4, -0.2) is 0 Å². The van der Waals surface area contributed by atoms with Crippen molar-refractivity contribution in [3.05, 3.63) is 22.3 Å². The Balaban J connectivity index is 2.61. The van der Waals surface area contributed by atoms with Crippen molar-refractivity contribution in [1.29, 1.82) is 0 Å². The first kappa shape index (κ1) is 4.29. The van der Waals surface area contributed by atoms with Crippen molar-refractivity contribution in [2.45, 2.75) is 6.42 Å². The minimum atomic E-state index is 1.17. The summed E-state index contributed by atoms with van der Waals surface area (Å²) in [6.07, 6.45) is 7.56. The van der Waals surface area contributed by atoms with Gasteiger partial charge in [-0.3, -0.25) is 0 Å². The Hall–Kier alpha value is 0.129. The molecule has 0 heterocycles. The molecule has 0 aromatic carbocycles. The third-order valence-corrected chi connectivity index (χ3v) is 1.60. The first-order valence-electron chi connectivity index (χ1n) is 1.88. The molecule has 0 N–H and O–H groups in total. The van der Waals surface area contributed by atoms with E-state index in [2.05, 4.69) is 37.1 Å². The Bertz CT molecular complexity index is 101. The van der Waals surface area contributed by atoms with Crippen molar-refractivity contribution in [3.63, 3.8) is 0 Å². The Morgan fingerprint density at radius 3 is 2.67 bits per heavy atom. The molecule has 0 aliphatic heterocycles. The molecule has 0 nitrogen and oxygen atoms in total. The summed E-state index contributed by atoms with van der Waals surface area (Å²) in [5.74, 6) is 0. The van der Waals surface area contributed by atoms with Gasteiger partial charge in [-0.1, -0.05) is 0 Å². The van der Waals surface area contributed by atoms with Crippen molar-refractivity contribution in [2.24, 2.45) is 0 Å². The van der Waals surface area contributed by atoms with Gasteiger partial charge in [-0.05, 0) is 0 Å². The van der Waals surface area contributed by atoms with Gasteiger partial charge in [-0.15, -0.1) is 0 Å². The molecular formula is C5H5Ir. The quantitative estimate of drug-likeness (QED) is 0.615. The topological polar surface area (TPSA) is 0 Å². The molecule has 0 unspecified atom stereocenters. The van der Waals surface area contributed by atoms with Gasteiger partial charge in [-0.2, -0.15) is 0 Å². The van der Waals surface area contributed by atoms with E-state index in [1.54, 1.807) is 0 Å². The van der Waals surface area contributed by atoms with Crippen LogP contribution in [0.2, 0.25) is 0 Å². The van der Waals surface area contributed by atoms with Gasteiger partial charge in [0.25, 0.3) is 0 Å². The summed E-state index contributed by atoms with van der Waals surface area (Å²) in [4.78, 5) is 0. The van der Waals surface area contributed by atoms with Crippen LogP contribution >= 0.6 is 0 Å². The number of allylic oxidation sites excluding steroid dienone is 4. The molecule has 0 fully saturated rings. The molecule has 1 aliphatic carbocycles. The fourth-order valence-corrected chi connectivity index (χ4v) is 0.924. The third kappa shape index (κ3) is 0.796. The summed E-state index contributed by atoms with van der Waals surface area (Å²) >= 11 is 2.14. The Morgan fingerprint density at radius 2 is 2.50 bits per heavy atom. The van der Waals surface area contributed by atoms with Crippen LogP contribution in [0, 0.1) is 0 Å². The van der Waals surface area contributed by atoms with Crippen molar-refractivity contribution in [3.8, 4) is 0 Å². The summed E-state index contributed by atoms with van der Waals surface area (Å²) in [6.45, 7) is 0. The van der Waals surface area contributed by atoms with E-state index in [4.69, 9.17) is 0 Å². The Morgan fingerprint density at radius 1 is 1.67 bits per heavy atom. The van der Waals surface area contributed by atoms with Crippen LogP contribution in [-0.2, 0) is 18.9 Å². The molecule has 1 rings (SSSR count). The summed E-state index contributed by atoms with van der Waals surface area (Å²) in [5.41, 5.74) is 0. The van der Waals surface area contributed by atoms with E-state index < -0.39 is 0 Å². The molecule has 0 radical (unpaired) electrons. The van der Waals surface area contributed by atoms with Crippen molar-refractivity contribution >= 4 is 0 Å². The van der Waals surface area contributed by atoms with Crippen LogP contribution in [0.25, 0.3) is 0 Å². The molecule has 0 spiro atoms. The van der Waals surface area contributed by atoms with Crippen LogP contribution in [0.1, 0.15) is 6.42 Å². The van der Waals surface area contributed by atoms with E-state index in [9.17, 15) is 0 Å². The zero-order valence-corrected chi connectivity index (χ0v) is 5.67. The van der Waals surface area contributed by atoms with Gasteiger partial charge in [0, 0.05) is 0 Å². The Labute approximate surface area is 48.1 Å². The molecular weight excluding hydrogens is 252 g/mol. The average Bonchev–Trinajstić information content (AvgIpc) is 1.86. The molecule has 34 valence electrons. The van der Waals surface area contributed by atoms with Crippen LogP contribution in [0.4, 0.5) is 0 Å². The number of hydrogen-bond donors (Lipinski definition) is 0. The monoisotopic (exact) mass is 258 g/mol. The Kier molecular flexibility index (Phi) is 1.23. The van der Waals surface area contributed by atoms with Gasteiger partial charge in [0.1, 0.15) is 0 Å². The molecule has 0 aromatic heterocycles. The molecule has 1 aliphatic rings. The van der Waals surface area contributed by atoms with Gasteiger partial charge >= 0.3 is 47.6 Å². The standard InChI is InChI=1S/C5H5.Ir/c1-2-4-5-3-1;/h1-3H,4H2;. The fourth-order valence-electron chi connectivity index (χ4n) is 0.412. The zero-order chi connectivity index (χ0) is 4.41. The number of rotatable bonds is 0. The van der Waals surface area contributed by atoms with Crippen molar-refractivity contribution < 1.29 is 18.9 Å². The molecule has 0 bridgehead atoms. The normalized spacial score (nSPS) is 18.7. The van der Waals surface area contributed by atoms with E-state index >= 15 is 0 Å². The zero-order valence-electron chi connectivity index (χ0n) is 3.27. The second kappa shape index (κ2) is 1.72. The molecule has 0 aromatic rings. The first-order chi connectivity index (χ1) is 2.89. The van der Waals surface area contributed by atoms with E-state index in [1.165, 1.54) is 10.5 Å². The van der Waals surface area contributed by atoms with Gasteiger partial charge in [0.2, 0.25) is 0 Å². The predicted octanol–water partition coefficient (Wildman–Crippen LogP) is 1.38. The summed E-state index contributed by atoms with van der Waals surface area (Å²) in [6, 6.07) is 0. The van der Waals surface area contributed by atoms with E-state index in [1.807, 2.05) is 0 Å². The van der Waals surface area contributed by atoms with E-state index in [0.717, 1.165) is 0 Å². The second-order valence-electron chi connectivity index (χ2n) is 1.22. The first-order valence-corrected chi connectivity index (χ1v) is 3.08. The van der Waals surface area contributed by atoms with Crippen LogP contribution < -0.4 is 0 Å². The van der Waals surface area contributed by atoms with Crippen LogP contribution in [0.3, 0.4) is 0 Å². The van der Waals surface area contributed by atoms with E-state index in [0.29, 0.717) is 0 Å². The number of hydrogen-bond acceptors (Lipinski definition) is 0. The minimum absolute atomic E-state index is 1.17. The average molecular weight is 257 g/mol. The molecule has 0 saturated carbocycles. The maximum absolute atomic E-state index is 2.16. The van der Waals surface area contributed by atoms with Gasteiger partial charge in [0.05, 0.1) is 0 Å². The van der Waals surface area contributed by atoms with Crippen LogP contribution in [0.5, 0.6) is 0 Å². The van der Waals surface area contributed by atoms with Gasteiger partial charge in [0.15, 0.2) is 0 Å². The molecule has 0 amide bonds. The van der Waals surface area contributed by atoms with Crippen molar-refractivity contribution in [2.75, 3.05) is 0 Å². The second-order valence-corrected chi connectivity index (χ2v) is 2.76. The fraction of sp³-hybridized carbons (Fsp3) is 0.200. The molecule has 0 atom stereocenters. The summed E-state index contributed by atoms with van der Waals surface area (Å²) in [5, 5.41) is 0. The predicted molar refractivity (Wildman–Crippen MR) is 21.8 cm³/mol. The van der Waals surface area contributed by atoms with Gasteiger partial charge in [-0.25, -0.2) is 0 Å². The third-order valence-electron chi connectivity index (χ3n) is 0.709. The van der Waals surface area contributed by atoms with Crippen molar-refractivity contribution in [1.82, 2.24) is 0 Å². The molecule has 0 saturated heterocycles. The van der Waals surface area contributed by atoms with E-state index in [-0.39, 0.29) is 0 Å².